The summed E-state index contributed by atoms with van der Waals surface area (Å²) in [5, 5.41) is 3.05. The van der Waals surface area contributed by atoms with Gasteiger partial charge >= 0.3 is 0 Å². The van der Waals surface area contributed by atoms with Crippen LogP contribution in [0.25, 0.3) is 0 Å². The van der Waals surface area contributed by atoms with Crippen LogP contribution in [0.3, 0.4) is 0 Å². The van der Waals surface area contributed by atoms with E-state index in [4.69, 9.17) is 0 Å². The Morgan fingerprint density at radius 2 is 2.10 bits per heavy atom. The first-order valence-electron chi connectivity index (χ1n) is 3.56. The van der Waals surface area contributed by atoms with E-state index < -0.39 is 0 Å². The van der Waals surface area contributed by atoms with Crippen molar-refractivity contribution >= 4 is 5.78 Å². The summed E-state index contributed by atoms with van der Waals surface area (Å²) in [5.74, 6) is 0.242. The van der Waals surface area contributed by atoms with E-state index >= 15 is 0 Å². The van der Waals surface area contributed by atoms with Gasteiger partial charge in [0.15, 0.2) is 5.78 Å². The largest absolute Gasteiger partial charge is 0.377 e. The topological polar surface area (TPSA) is 29.1 Å². The van der Waals surface area contributed by atoms with Gasteiger partial charge in [0.05, 0.1) is 6.54 Å². The number of hydrogen-bond donors (Lipinski definition) is 1. The smallest absolute Gasteiger partial charge is 0.183 e. The van der Waals surface area contributed by atoms with Crippen molar-refractivity contribution in [2.75, 3.05) is 6.54 Å². The SMILES string of the molecule is O=C1CNC2=CCCC=C12. The number of nitrogens with one attached hydrogen (secondary N) is 1. The minimum atomic E-state index is 0.242. The molecule has 1 aliphatic heterocycles. The Balaban J connectivity index is 2.39. The minimum absolute atomic E-state index is 0.242. The highest BCUT2D eigenvalue weighted by molar-refractivity contribution is 6.04. The van der Waals surface area contributed by atoms with Gasteiger partial charge in [-0.25, -0.2) is 0 Å². The molecule has 2 nitrogen and oxygen atoms in total. The van der Waals surface area contributed by atoms with Gasteiger partial charge in [0.2, 0.25) is 0 Å². The fourth-order valence-corrected chi connectivity index (χ4v) is 1.38. The molecule has 0 radical (unpaired) electrons. The molecular formula is C8H9NO. The highest BCUT2D eigenvalue weighted by atomic mass is 16.1. The van der Waals surface area contributed by atoms with E-state index in [0.717, 1.165) is 24.1 Å². The van der Waals surface area contributed by atoms with E-state index in [1.807, 2.05) is 6.08 Å². The van der Waals surface area contributed by atoms with Crippen LogP contribution >= 0.6 is 0 Å². The number of carbonyl (C=O) groups excluding carboxylic acids is 1. The fourth-order valence-electron chi connectivity index (χ4n) is 1.38. The Hall–Kier alpha value is -1.05. The molecule has 10 heavy (non-hydrogen) atoms. The summed E-state index contributed by atoms with van der Waals surface area (Å²) in [6.07, 6.45) is 6.21. The van der Waals surface area contributed by atoms with Gasteiger partial charge < -0.3 is 5.32 Å². The van der Waals surface area contributed by atoms with Crippen LogP contribution in [0.4, 0.5) is 0 Å². The van der Waals surface area contributed by atoms with Crippen molar-refractivity contribution in [3.05, 3.63) is 23.4 Å². The van der Waals surface area contributed by atoms with E-state index in [1.165, 1.54) is 0 Å². The highest BCUT2D eigenvalue weighted by Gasteiger charge is 2.22. The second kappa shape index (κ2) is 1.97. The third-order valence-corrected chi connectivity index (χ3v) is 1.89. The third-order valence-electron chi connectivity index (χ3n) is 1.89. The van der Waals surface area contributed by atoms with Gasteiger partial charge in [0.1, 0.15) is 0 Å². The average molecular weight is 135 g/mol. The molecule has 0 spiro atoms. The van der Waals surface area contributed by atoms with Crippen molar-refractivity contribution in [1.29, 1.82) is 0 Å². The summed E-state index contributed by atoms with van der Waals surface area (Å²) in [6.45, 7) is 0.498. The summed E-state index contributed by atoms with van der Waals surface area (Å²) in [5.41, 5.74) is 1.96. The number of allylic oxidation sites excluding steroid dienone is 3. The first kappa shape index (κ1) is 5.71. The molecule has 2 aliphatic rings. The molecule has 0 aromatic carbocycles. The zero-order chi connectivity index (χ0) is 6.97. The molecule has 0 aromatic rings. The highest BCUT2D eigenvalue weighted by Crippen LogP contribution is 2.20. The van der Waals surface area contributed by atoms with Crippen molar-refractivity contribution < 1.29 is 4.79 Å². The Kier molecular flexibility index (Phi) is 1.13. The maximum atomic E-state index is 11.0. The molecule has 0 atom stereocenters. The van der Waals surface area contributed by atoms with Gasteiger partial charge in [-0.2, -0.15) is 0 Å². The standard InChI is InChI=1S/C8H9NO/c10-8-5-9-7-4-2-1-3-6(7)8/h3-4,9H,1-2,5H2. The summed E-state index contributed by atoms with van der Waals surface area (Å²) < 4.78 is 0. The number of rotatable bonds is 0. The lowest BCUT2D eigenvalue weighted by atomic mass is 10.0. The van der Waals surface area contributed by atoms with E-state index in [-0.39, 0.29) is 5.78 Å². The molecule has 1 heterocycles. The monoisotopic (exact) mass is 135 g/mol. The van der Waals surface area contributed by atoms with Crippen LogP contribution in [-0.4, -0.2) is 12.3 Å². The normalized spacial score (nSPS) is 23.0. The van der Waals surface area contributed by atoms with E-state index in [9.17, 15) is 4.79 Å². The van der Waals surface area contributed by atoms with Gasteiger partial charge in [-0.05, 0) is 12.8 Å². The average Bonchev–Trinajstić information content (AvgIpc) is 2.34. The van der Waals surface area contributed by atoms with Crippen LogP contribution in [0.5, 0.6) is 0 Å². The van der Waals surface area contributed by atoms with Crippen LogP contribution in [0.15, 0.2) is 23.4 Å². The number of carbonyl (C=O) groups is 1. The molecule has 0 bridgehead atoms. The molecule has 1 saturated heterocycles. The molecule has 1 N–H and O–H groups in total. The lowest BCUT2D eigenvalue weighted by molar-refractivity contribution is -0.113. The molecule has 1 aliphatic carbocycles. The van der Waals surface area contributed by atoms with Gasteiger partial charge in [0.25, 0.3) is 0 Å². The molecule has 2 rings (SSSR count). The summed E-state index contributed by atoms with van der Waals surface area (Å²) >= 11 is 0. The molecule has 0 aromatic heterocycles. The Bertz CT molecular complexity index is 238. The predicted octanol–water partition coefficient (Wildman–Crippen LogP) is 0.763. The first-order chi connectivity index (χ1) is 4.88. The molecule has 0 amide bonds. The molecule has 52 valence electrons. The van der Waals surface area contributed by atoms with Crippen molar-refractivity contribution in [3.63, 3.8) is 0 Å². The minimum Gasteiger partial charge on any atom is -0.377 e. The molecule has 0 saturated carbocycles. The zero-order valence-electron chi connectivity index (χ0n) is 5.68. The molecular weight excluding hydrogens is 126 g/mol. The lowest BCUT2D eigenvalue weighted by Crippen LogP contribution is -2.06. The summed E-state index contributed by atoms with van der Waals surface area (Å²) in [4.78, 5) is 11.0. The zero-order valence-corrected chi connectivity index (χ0v) is 5.68. The number of Topliss-reactive ketones (excluding diaryl/α,β-unsaturated/α-hetero) is 1. The van der Waals surface area contributed by atoms with Crippen LogP contribution in [0.1, 0.15) is 12.8 Å². The van der Waals surface area contributed by atoms with Gasteiger partial charge in [0, 0.05) is 11.3 Å². The summed E-state index contributed by atoms with van der Waals surface area (Å²) in [6, 6.07) is 0. The number of fused-ring (bicyclic) bond motifs is 1. The van der Waals surface area contributed by atoms with Crippen LogP contribution in [0.2, 0.25) is 0 Å². The van der Waals surface area contributed by atoms with Gasteiger partial charge in [-0.3, -0.25) is 4.79 Å². The van der Waals surface area contributed by atoms with E-state index in [0.29, 0.717) is 6.54 Å². The molecule has 1 fully saturated rings. The van der Waals surface area contributed by atoms with Crippen molar-refractivity contribution in [2.24, 2.45) is 0 Å². The van der Waals surface area contributed by atoms with Crippen LogP contribution in [0, 0.1) is 0 Å². The van der Waals surface area contributed by atoms with Crippen LogP contribution in [-0.2, 0) is 4.79 Å². The van der Waals surface area contributed by atoms with Crippen molar-refractivity contribution in [1.82, 2.24) is 5.32 Å². The third kappa shape index (κ3) is 0.685. The van der Waals surface area contributed by atoms with Crippen LogP contribution < -0.4 is 5.32 Å². The van der Waals surface area contributed by atoms with Gasteiger partial charge in [-0.15, -0.1) is 0 Å². The van der Waals surface area contributed by atoms with Crippen molar-refractivity contribution in [2.45, 2.75) is 12.8 Å². The predicted molar refractivity (Wildman–Crippen MR) is 38.4 cm³/mol. The van der Waals surface area contributed by atoms with Gasteiger partial charge in [-0.1, -0.05) is 12.2 Å². The Labute approximate surface area is 59.6 Å². The first-order valence-corrected chi connectivity index (χ1v) is 3.56. The Morgan fingerprint density at radius 3 is 2.90 bits per heavy atom. The maximum Gasteiger partial charge on any atom is 0.183 e. The van der Waals surface area contributed by atoms with E-state index in [1.54, 1.807) is 0 Å². The molecule has 2 heteroatoms. The maximum absolute atomic E-state index is 11.0. The lowest BCUT2D eigenvalue weighted by Gasteiger charge is -2.04. The fraction of sp³-hybridized carbons (Fsp3) is 0.375. The van der Waals surface area contributed by atoms with E-state index in [2.05, 4.69) is 11.4 Å². The quantitative estimate of drug-likeness (QED) is 0.531. The molecule has 0 unspecified atom stereocenters. The second-order valence-electron chi connectivity index (χ2n) is 2.59. The van der Waals surface area contributed by atoms with Crippen molar-refractivity contribution in [3.8, 4) is 0 Å². The number of hydrogen-bond acceptors (Lipinski definition) is 2. The Morgan fingerprint density at radius 1 is 1.30 bits per heavy atom. The number of ketones is 1. The summed E-state index contributed by atoms with van der Waals surface area (Å²) in [7, 11) is 0. The second-order valence-corrected chi connectivity index (χ2v) is 2.59.